The van der Waals surface area contributed by atoms with Gasteiger partial charge in [-0.15, -0.1) is 0 Å². The van der Waals surface area contributed by atoms with Crippen molar-refractivity contribution in [2.24, 2.45) is 11.8 Å². The first-order valence-electron chi connectivity index (χ1n) is 7.99. The summed E-state index contributed by atoms with van der Waals surface area (Å²) in [6.07, 6.45) is 4.91. The Bertz CT molecular complexity index is 433. The van der Waals surface area contributed by atoms with Crippen molar-refractivity contribution in [1.82, 2.24) is 15.3 Å². The van der Waals surface area contributed by atoms with Gasteiger partial charge in [0.1, 0.15) is 5.82 Å². The first-order valence-corrected chi connectivity index (χ1v) is 7.99. The van der Waals surface area contributed by atoms with Crippen molar-refractivity contribution >= 4 is 0 Å². The minimum atomic E-state index is 0.589. The van der Waals surface area contributed by atoms with Crippen LogP contribution in [0.15, 0.2) is 0 Å². The average molecular weight is 275 g/mol. The number of aromatic nitrogens is 2. The molecule has 1 aromatic heterocycles. The van der Waals surface area contributed by atoms with E-state index in [1.54, 1.807) is 0 Å². The van der Waals surface area contributed by atoms with Gasteiger partial charge in [-0.25, -0.2) is 9.97 Å². The molecule has 112 valence electrons. The molecule has 1 aliphatic rings. The van der Waals surface area contributed by atoms with Gasteiger partial charge in [-0.3, -0.25) is 0 Å². The predicted octanol–water partition coefficient (Wildman–Crippen LogP) is 3.40. The van der Waals surface area contributed by atoms with Crippen molar-refractivity contribution in [2.45, 2.75) is 59.3 Å². The summed E-state index contributed by atoms with van der Waals surface area (Å²) in [5.74, 6) is 3.14. The SMILES string of the molecule is CNCC(C)Cc1c(C)nc(C2CCC(C)C2)nc1C. The molecule has 0 bridgehead atoms. The van der Waals surface area contributed by atoms with E-state index in [0.717, 1.165) is 24.7 Å². The Hall–Kier alpha value is -0.960. The Balaban J connectivity index is 2.16. The van der Waals surface area contributed by atoms with Crippen LogP contribution < -0.4 is 5.32 Å². The molecule has 3 nitrogen and oxygen atoms in total. The van der Waals surface area contributed by atoms with E-state index in [9.17, 15) is 0 Å². The van der Waals surface area contributed by atoms with Gasteiger partial charge in [0.15, 0.2) is 0 Å². The lowest BCUT2D eigenvalue weighted by molar-refractivity contribution is 0.534. The molecule has 0 radical (unpaired) electrons. The second kappa shape index (κ2) is 6.66. The van der Waals surface area contributed by atoms with E-state index in [1.807, 2.05) is 7.05 Å². The van der Waals surface area contributed by atoms with E-state index in [0.29, 0.717) is 11.8 Å². The highest BCUT2D eigenvalue weighted by Gasteiger charge is 2.26. The summed E-state index contributed by atoms with van der Waals surface area (Å²) in [5.41, 5.74) is 3.73. The lowest BCUT2D eigenvalue weighted by Gasteiger charge is -2.17. The summed E-state index contributed by atoms with van der Waals surface area (Å²) >= 11 is 0. The fourth-order valence-electron chi connectivity index (χ4n) is 3.45. The molecule has 0 spiro atoms. The molecule has 0 saturated heterocycles. The second-order valence-electron chi connectivity index (χ2n) is 6.71. The predicted molar refractivity (Wildman–Crippen MR) is 84.1 cm³/mol. The molecular weight excluding hydrogens is 246 g/mol. The van der Waals surface area contributed by atoms with E-state index in [2.05, 4.69) is 33.0 Å². The lowest BCUT2D eigenvalue weighted by atomic mass is 9.98. The van der Waals surface area contributed by atoms with Gasteiger partial charge in [-0.2, -0.15) is 0 Å². The zero-order valence-electron chi connectivity index (χ0n) is 13.7. The van der Waals surface area contributed by atoms with Crippen molar-refractivity contribution in [1.29, 1.82) is 0 Å². The van der Waals surface area contributed by atoms with E-state index in [-0.39, 0.29) is 0 Å². The lowest BCUT2D eigenvalue weighted by Crippen LogP contribution is -2.19. The van der Waals surface area contributed by atoms with Crippen LogP contribution in [-0.2, 0) is 6.42 Å². The summed E-state index contributed by atoms with van der Waals surface area (Å²) in [6, 6.07) is 0. The maximum atomic E-state index is 4.83. The smallest absolute Gasteiger partial charge is 0.131 e. The van der Waals surface area contributed by atoms with Gasteiger partial charge in [0.2, 0.25) is 0 Å². The highest BCUT2D eigenvalue weighted by atomic mass is 14.9. The quantitative estimate of drug-likeness (QED) is 0.895. The standard InChI is InChI=1S/C17H29N3/c1-11-6-7-15(8-11)17-19-13(3)16(14(4)20-17)9-12(2)10-18-5/h11-12,15,18H,6-10H2,1-5H3. The Morgan fingerprint density at radius 1 is 1.20 bits per heavy atom. The molecule has 0 aliphatic heterocycles. The van der Waals surface area contributed by atoms with Gasteiger partial charge < -0.3 is 5.32 Å². The summed E-state index contributed by atoms with van der Waals surface area (Å²) in [4.78, 5) is 9.66. The molecule has 1 N–H and O–H groups in total. The third-order valence-corrected chi connectivity index (χ3v) is 4.60. The van der Waals surface area contributed by atoms with Crippen LogP contribution in [0.1, 0.15) is 61.8 Å². The van der Waals surface area contributed by atoms with Gasteiger partial charge in [-0.05, 0) is 70.5 Å². The van der Waals surface area contributed by atoms with Crippen molar-refractivity contribution in [3.63, 3.8) is 0 Å². The van der Waals surface area contributed by atoms with Crippen LogP contribution in [-0.4, -0.2) is 23.6 Å². The van der Waals surface area contributed by atoms with Crippen LogP contribution in [0.4, 0.5) is 0 Å². The van der Waals surface area contributed by atoms with Gasteiger partial charge in [-0.1, -0.05) is 13.8 Å². The number of hydrogen-bond acceptors (Lipinski definition) is 3. The maximum absolute atomic E-state index is 4.83. The number of aryl methyl sites for hydroxylation is 2. The highest BCUT2D eigenvalue weighted by Crippen LogP contribution is 2.36. The molecular formula is C17H29N3. The van der Waals surface area contributed by atoms with E-state index >= 15 is 0 Å². The molecule has 3 atom stereocenters. The van der Waals surface area contributed by atoms with Gasteiger partial charge >= 0.3 is 0 Å². The first kappa shape index (κ1) is 15.4. The van der Waals surface area contributed by atoms with Gasteiger partial charge in [0, 0.05) is 17.3 Å². The third kappa shape index (κ3) is 3.57. The zero-order valence-corrected chi connectivity index (χ0v) is 13.7. The minimum Gasteiger partial charge on any atom is -0.319 e. The van der Waals surface area contributed by atoms with E-state index in [4.69, 9.17) is 9.97 Å². The van der Waals surface area contributed by atoms with Crippen molar-refractivity contribution in [2.75, 3.05) is 13.6 Å². The Kier molecular flexibility index (Phi) is 5.14. The molecule has 3 unspecified atom stereocenters. The average Bonchev–Trinajstić information content (AvgIpc) is 2.80. The second-order valence-corrected chi connectivity index (χ2v) is 6.71. The summed E-state index contributed by atoms with van der Waals surface area (Å²) in [6.45, 7) is 9.96. The summed E-state index contributed by atoms with van der Waals surface area (Å²) in [5, 5.41) is 3.25. The Labute approximate surface area is 123 Å². The molecule has 1 heterocycles. The minimum absolute atomic E-state index is 0.589. The molecule has 0 amide bonds. The number of hydrogen-bond donors (Lipinski definition) is 1. The molecule has 20 heavy (non-hydrogen) atoms. The highest BCUT2D eigenvalue weighted by molar-refractivity contribution is 5.26. The van der Waals surface area contributed by atoms with E-state index in [1.165, 1.54) is 36.2 Å². The number of nitrogens with one attached hydrogen (secondary N) is 1. The first-order chi connectivity index (χ1) is 9.51. The number of rotatable bonds is 5. The normalized spacial score (nSPS) is 24.1. The summed E-state index contributed by atoms with van der Waals surface area (Å²) < 4.78 is 0. The van der Waals surface area contributed by atoms with Crippen LogP contribution >= 0.6 is 0 Å². The molecule has 0 aromatic carbocycles. The third-order valence-electron chi connectivity index (χ3n) is 4.60. The molecule has 1 aromatic rings. The molecule has 1 aliphatic carbocycles. The van der Waals surface area contributed by atoms with Crippen LogP contribution in [0, 0.1) is 25.7 Å². The Morgan fingerprint density at radius 2 is 1.85 bits per heavy atom. The van der Waals surface area contributed by atoms with Crippen LogP contribution in [0.2, 0.25) is 0 Å². The van der Waals surface area contributed by atoms with Crippen LogP contribution in [0.5, 0.6) is 0 Å². The maximum Gasteiger partial charge on any atom is 0.131 e. The zero-order chi connectivity index (χ0) is 14.7. The van der Waals surface area contributed by atoms with Crippen LogP contribution in [0.3, 0.4) is 0 Å². The topological polar surface area (TPSA) is 37.8 Å². The monoisotopic (exact) mass is 275 g/mol. The van der Waals surface area contributed by atoms with E-state index < -0.39 is 0 Å². The fourth-order valence-corrected chi connectivity index (χ4v) is 3.45. The van der Waals surface area contributed by atoms with Crippen molar-refractivity contribution in [3.05, 3.63) is 22.8 Å². The van der Waals surface area contributed by atoms with Crippen molar-refractivity contribution < 1.29 is 0 Å². The largest absolute Gasteiger partial charge is 0.319 e. The fraction of sp³-hybridized carbons (Fsp3) is 0.765. The van der Waals surface area contributed by atoms with Gasteiger partial charge in [0.05, 0.1) is 0 Å². The van der Waals surface area contributed by atoms with Crippen molar-refractivity contribution in [3.8, 4) is 0 Å². The Morgan fingerprint density at radius 3 is 2.35 bits per heavy atom. The number of nitrogens with zero attached hydrogens (tertiary/aromatic N) is 2. The molecule has 2 rings (SSSR count). The molecule has 1 fully saturated rings. The molecule has 3 heteroatoms. The molecule has 1 saturated carbocycles. The summed E-state index contributed by atoms with van der Waals surface area (Å²) in [7, 11) is 2.01. The van der Waals surface area contributed by atoms with Gasteiger partial charge in [0.25, 0.3) is 0 Å². The van der Waals surface area contributed by atoms with Crippen LogP contribution in [0.25, 0.3) is 0 Å².